The molecule has 0 radical (unpaired) electrons. The fourth-order valence-electron chi connectivity index (χ4n) is 7.00. The van der Waals surface area contributed by atoms with Crippen molar-refractivity contribution in [2.75, 3.05) is 26.3 Å². The number of allylic oxidation sites excluding steroid dienone is 1. The maximum Gasteiger partial charge on any atom is 0.222 e. The summed E-state index contributed by atoms with van der Waals surface area (Å²) in [5.74, 6) is 1.05. The molecule has 1 aromatic heterocycles. The van der Waals surface area contributed by atoms with Gasteiger partial charge in [-0.15, -0.1) is 0 Å². The summed E-state index contributed by atoms with van der Waals surface area (Å²) in [6.07, 6.45) is 6.88. The van der Waals surface area contributed by atoms with Gasteiger partial charge in [-0.3, -0.25) is 24.6 Å². The summed E-state index contributed by atoms with van der Waals surface area (Å²) >= 11 is 0. The number of nitrogens with one attached hydrogen (secondary N) is 2. The van der Waals surface area contributed by atoms with Crippen LogP contribution in [-0.2, 0) is 16.2 Å². The van der Waals surface area contributed by atoms with E-state index in [4.69, 9.17) is 18.9 Å². The molecule has 1 aromatic carbocycles. The highest BCUT2D eigenvalue weighted by Gasteiger charge is 2.52. The number of aliphatic imine (C=N–C) groups is 2. The van der Waals surface area contributed by atoms with Gasteiger partial charge in [0.15, 0.2) is 22.8 Å². The third-order valence-corrected chi connectivity index (χ3v) is 9.77. The first kappa shape index (κ1) is 32.7. The number of benzene rings is 1. The second-order valence-electron chi connectivity index (χ2n) is 13.5. The first-order valence-corrected chi connectivity index (χ1v) is 15.9. The minimum absolute atomic E-state index is 0.187. The number of aryl methyl sites for hydroxylation is 1. The van der Waals surface area contributed by atoms with Crippen LogP contribution >= 0.6 is 0 Å². The first-order valence-electron chi connectivity index (χ1n) is 15.9. The van der Waals surface area contributed by atoms with Crippen molar-refractivity contribution < 1.29 is 54.3 Å². The lowest BCUT2D eigenvalue weighted by molar-refractivity contribution is -0.861. The van der Waals surface area contributed by atoms with Crippen LogP contribution in [0.25, 0.3) is 11.0 Å². The van der Waals surface area contributed by atoms with Crippen LogP contribution in [0.2, 0.25) is 0 Å². The summed E-state index contributed by atoms with van der Waals surface area (Å²) < 4.78 is 12.7. The number of fused-ring (bicyclic) bond motifs is 4. The number of quaternary nitrogens is 2. The third kappa shape index (κ3) is 5.58. The van der Waals surface area contributed by atoms with Gasteiger partial charge in [0.2, 0.25) is 11.3 Å². The molecule has 0 bridgehead atoms. The zero-order valence-corrected chi connectivity index (χ0v) is 26.8. The molecular weight excluding hydrogens is 624 g/mol. The summed E-state index contributed by atoms with van der Waals surface area (Å²) in [4.78, 5) is 34.8. The van der Waals surface area contributed by atoms with Crippen molar-refractivity contribution in [1.29, 1.82) is 0 Å². The molecule has 2 aromatic rings. The molecule has 6 heterocycles. The quantitative estimate of drug-likeness (QED) is 0.105. The molecule has 14 heteroatoms. The van der Waals surface area contributed by atoms with Crippen LogP contribution in [0.1, 0.15) is 25.2 Å². The van der Waals surface area contributed by atoms with E-state index in [0.29, 0.717) is 45.2 Å². The summed E-state index contributed by atoms with van der Waals surface area (Å²) in [6, 6.07) is 2.96. The summed E-state index contributed by atoms with van der Waals surface area (Å²) in [7, 11) is 0. The minimum Gasteiger partial charge on any atom is -0.478 e. The van der Waals surface area contributed by atoms with Crippen LogP contribution in [0, 0.1) is 6.92 Å². The molecule has 0 aliphatic carbocycles. The molecule has 0 saturated carbocycles. The Morgan fingerprint density at radius 3 is 2.75 bits per heavy atom. The monoisotopic (exact) mass is 664 g/mol. The van der Waals surface area contributed by atoms with Gasteiger partial charge in [0, 0.05) is 36.5 Å². The zero-order valence-electron chi connectivity index (χ0n) is 26.8. The summed E-state index contributed by atoms with van der Waals surface area (Å²) in [5, 5.41) is 53.9. The van der Waals surface area contributed by atoms with E-state index in [1.54, 1.807) is 37.7 Å². The van der Waals surface area contributed by atoms with E-state index in [1.165, 1.54) is 6.07 Å². The van der Waals surface area contributed by atoms with Crippen LogP contribution in [0.15, 0.2) is 79.9 Å². The molecule has 0 spiro atoms. The highest BCUT2D eigenvalue weighted by molar-refractivity contribution is 6.07. The van der Waals surface area contributed by atoms with Gasteiger partial charge in [0.05, 0.1) is 23.8 Å². The molecule has 0 fully saturated rings. The van der Waals surface area contributed by atoms with Crippen LogP contribution in [0.5, 0.6) is 5.75 Å². The van der Waals surface area contributed by atoms with Crippen molar-refractivity contribution in [1.82, 2.24) is 0 Å². The van der Waals surface area contributed by atoms with Crippen molar-refractivity contribution in [3.05, 3.63) is 82.3 Å². The number of ether oxygens (including phenoxy) is 1. The predicted octanol–water partition coefficient (Wildman–Crippen LogP) is -1.93. The van der Waals surface area contributed by atoms with Gasteiger partial charge in [-0.25, -0.2) is 9.78 Å². The Morgan fingerprint density at radius 1 is 1.17 bits per heavy atom. The zero-order chi connectivity index (χ0) is 34.0. The van der Waals surface area contributed by atoms with E-state index in [9.17, 15) is 30.3 Å². The van der Waals surface area contributed by atoms with Crippen molar-refractivity contribution in [3.8, 4) is 5.75 Å². The lowest BCUT2D eigenvalue weighted by Gasteiger charge is -2.40. The van der Waals surface area contributed by atoms with Gasteiger partial charge < -0.3 is 34.7 Å². The Hall–Kier alpha value is -3.83. The second-order valence-corrected chi connectivity index (χ2v) is 13.5. The first-order chi connectivity index (χ1) is 22.9. The number of hydrogen-bond donors (Lipinski definition) is 7. The molecule has 48 heavy (non-hydrogen) atoms. The van der Waals surface area contributed by atoms with Gasteiger partial charge >= 0.3 is 0 Å². The van der Waals surface area contributed by atoms with Crippen molar-refractivity contribution in [2.24, 2.45) is 9.98 Å². The predicted molar refractivity (Wildman–Crippen MR) is 172 cm³/mol. The van der Waals surface area contributed by atoms with E-state index < -0.39 is 48.8 Å². The normalized spacial score (nSPS) is 27.9. The minimum atomic E-state index is -2.31. The second kappa shape index (κ2) is 12.2. The van der Waals surface area contributed by atoms with E-state index in [1.807, 2.05) is 32.2 Å². The Bertz CT molecular complexity index is 1880. The highest BCUT2D eigenvalue weighted by Crippen LogP contribution is 2.43. The van der Waals surface area contributed by atoms with Crippen LogP contribution in [0.4, 0.5) is 5.69 Å². The fourth-order valence-corrected chi connectivity index (χ4v) is 7.00. The van der Waals surface area contributed by atoms with E-state index >= 15 is 0 Å². The number of nitrogens with zero attached hydrogens (tertiary/aromatic N) is 2. The smallest absolute Gasteiger partial charge is 0.222 e. The van der Waals surface area contributed by atoms with Gasteiger partial charge in [0.25, 0.3) is 0 Å². The van der Waals surface area contributed by atoms with Gasteiger partial charge in [-0.2, -0.15) is 0 Å². The van der Waals surface area contributed by atoms with Crippen LogP contribution in [0.3, 0.4) is 0 Å². The fraction of sp³-hybridized carbons (Fsp3) is 0.441. The SMILES string of the molecule is Cc1cc(=O)c2cc3c(c([NH+]4C=C5C=CN=C5C4)c2o1)OC(C)(C)C(OOCC(O)C(O)(C[NH+]1C=CC2=NC=CC21)C(O)C(O)CO)C3. The molecule has 7 rings (SSSR count). The molecular formula is C34H40N4O10+2. The highest BCUT2D eigenvalue weighted by atomic mass is 17.2. The molecule has 7 N–H and O–H groups in total. The molecule has 0 saturated heterocycles. The number of rotatable bonds is 11. The van der Waals surface area contributed by atoms with Crippen LogP contribution < -0.4 is 20.0 Å². The Kier molecular flexibility index (Phi) is 8.35. The Balaban J connectivity index is 1.12. The standard InChI is InChI=1S/C34H38N4O10/c1-18-10-25(40)21-11-20-12-28(33(2,3)47-30(20)29(31(21)46-18)38-13-19-4-7-36-23(19)14-38)48-45-16-27(42)34(44,32(43)26(41)15-39)17-37-9-6-22-24(37)5-8-35-22/h4-11,13,24,26-28,32,39,41-44H,12,14-17H2,1-3H3/p+2. The maximum atomic E-state index is 13.2. The lowest BCUT2D eigenvalue weighted by atomic mass is 9.86. The Labute approximate surface area is 275 Å². The summed E-state index contributed by atoms with van der Waals surface area (Å²) in [6.45, 7) is 4.28. The molecule has 8 unspecified atom stereocenters. The average molecular weight is 665 g/mol. The number of aliphatic hydroxyl groups is 5. The van der Waals surface area contributed by atoms with Crippen molar-refractivity contribution in [3.63, 3.8) is 0 Å². The third-order valence-electron chi connectivity index (χ3n) is 9.77. The number of hydrogen-bond acceptors (Lipinski definition) is 12. The molecule has 8 atom stereocenters. The summed E-state index contributed by atoms with van der Waals surface area (Å²) in [5.41, 5.74) is 1.05. The van der Waals surface area contributed by atoms with E-state index in [2.05, 4.69) is 9.98 Å². The number of aliphatic hydroxyl groups excluding tert-OH is 4. The Morgan fingerprint density at radius 2 is 1.98 bits per heavy atom. The van der Waals surface area contributed by atoms with Gasteiger partial charge in [0.1, 0.15) is 73.1 Å². The molecule has 254 valence electrons. The molecule has 5 aliphatic rings. The molecule has 0 amide bonds. The topological polar surface area (TPSA) is 193 Å². The maximum absolute atomic E-state index is 13.2. The average Bonchev–Trinajstić information content (AvgIpc) is 3.83. The molecule has 14 nitrogen and oxygen atoms in total. The largest absolute Gasteiger partial charge is 0.478 e. The van der Waals surface area contributed by atoms with Crippen molar-refractivity contribution >= 4 is 28.1 Å². The molecule has 5 aliphatic heterocycles. The van der Waals surface area contributed by atoms with E-state index in [-0.39, 0.29) is 24.4 Å². The van der Waals surface area contributed by atoms with E-state index in [0.717, 1.165) is 21.9 Å². The van der Waals surface area contributed by atoms with Crippen molar-refractivity contribution in [2.45, 2.75) is 68.9 Å². The lowest BCUT2D eigenvalue weighted by Crippen LogP contribution is -3.13. The van der Waals surface area contributed by atoms with Gasteiger partial charge in [-0.1, -0.05) is 0 Å². The van der Waals surface area contributed by atoms with Gasteiger partial charge in [-0.05, 0) is 39.0 Å². The van der Waals surface area contributed by atoms with Crippen LogP contribution in [-0.4, -0.2) is 105 Å².